The molecule has 0 heterocycles. The van der Waals surface area contributed by atoms with Gasteiger partial charge in [-0.25, -0.2) is 0 Å². The highest BCUT2D eigenvalue weighted by atomic mass is 16.5. The van der Waals surface area contributed by atoms with Crippen molar-refractivity contribution in [3.8, 4) is 0 Å². The zero-order valence-corrected chi connectivity index (χ0v) is 5.59. The molecule has 0 aromatic rings. The van der Waals surface area contributed by atoms with Crippen LogP contribution in [-0.4, -0.2) is 22.2 Å². The SMILES string of the molecule is CC(=N)CCCC(O)O. The predicted molar refractivity (Wildman–Crippen MR) is 35.5 cm³/mol. The number of hydrogen-bond acceptors (Lipinski definition) is 3. The quantitative estimate of drug-likeness (QED) is 0.384. The smallest absolute Gasteiger partial charge is 0.151 e. The Morgan fingerprint density at radius 1 is 1.56 bits per heavy atom. The average molecular weight is 131 g/mol. The summed E-state index contributed by atoms with van der Waals surface area (Å²) in [5.74, 6) is 0. The summed E-state index contributed by atoms with van der Waals surface area (Å²) < 4.78 is 0. The van der Waals surface area contributed by atoms with Crippen molar-refractivity contribution < 1.29 is 10.2 Å². The van der Waals surface area contributed by atoms with Crippen LogP contribution in [0.15, 0.2) is 0 Å². The van der Waals surface area contributed by atoms with E-state index in [1.807, 2.05) is 0 Å². The van der Waals surface area contributed by atoms with Crippen LogP contribution in [0, 0.1) is 5.41 Å². The monoisotopic (exact) mass is 131 g/mol. The molecule has 0 aliphatic heterocycles. The van der Waals surface area contributed by atoms with E-state index < -0.39 is 6.29 Å². The van der Waals surface area contributed by atoms with E-state index in [-0.39, 0.29) is 0 Å². The normalized spacial score (nSPS) is 10.2. The van der Waals surface area contributed by atoms with Crippen LogP contribution in [0.1, 0.15) is 26.2 Å². The maximum atomic E-state index is 8.35. The summed E-state index contributed by atoms with van der Waals surface area (Å²) in [6, 6.07) is 0. The molecule has 0 aromatic heterocycles. The Hall–Kier alpha value is -0.410. The Balaban J connectivity index is 3.01. The molecule has 3 nitrogen and oxygen atoms in total. The molecule has 9 heavy (non-hydrogen) atoms. The fourth-order valence-corrected chi connectivity index (χ4v) is 0.550. The van der Waals surface area contributed by atoms with Gasteiger partial charge >= 0.3 is 0 Å². The third kappa shape index (κ3) is 7.59. The van der Waals surface area contributed by atoms with Crippen LogP contribution >= 0.6 is 0 Å². The minimum absolute atomic E-state index is 0.371. The molecular formula is C6H13NO2. The highest BCUT2D eigenvalue weighted by Gasteiger charge is 1.96. The summed E-state index contributed by atoms with van der Waals surface area (Å²) in [6.07, 6.45) is 0.519. The average Bonchev–Trinajstić information content (AvgIpc) is 1.63. The summed E-state index contributed by atoms with van der Waals surface area (Å²) in [5, 5.41) is 23.7. The Morgan fingerprint density at radius 2 is 2.11 bits per heavy atom. The van der Waals surface area contributed by atoms with Gasteiger partial charge in [-0.15, -0.1) is 0 Å². The van der Waals surface area contributed by atoms with E-state index in [9.17, 15) is 0 Å². The van der Waals surface area contributed by atoms with Crippen LogP contribution in [0.25, 0.3) is 0 Å². The number of aliphatic hydroxyl groups excluding tert-OH is 1. The van der Waals surface area contributed by atoms with Gasteiger partial charge in [-0.3, -0.25) is 0 Å². The molecule has 0 amide bonds. The highest BCUT2D eigenvalue weighted by molar-refractivity contribution is 5.78. The Kier molecular flexibility index (Phi) is 4.26. The maximum absolute atomic E-state index is 8.35. The highest BCUT2D eigenvalue weighted by Crippen LogP contribution is 1.98. The van der Waals surface area contributed by atoms with Gasteiger partial charge in [-0.05, 0) is 26.2 Å². The van der Waals surface area contributed by atoms with Crippen LogP contribution in [0.3, 0.4) is 0 Å². The molecule has 0 saturated carbocycles. The second kappa shape index (κ2) is 4.47. The summed E-state index contributed by atoms with van der Waals surface area (Å²) in [4.78, 5) is 0. The second-order valence-corrected chi connectivity index (χ2v) is 2.15. The van der Waals surface area contributed by atoms with Crippen molar-refractivity contribution in [1.29, 1.82) is 5.41 Å². The second-order valence-electron chi connectivity index (χ2n) is 2.15. The third-order valence-electron chi connectivity index (χ3n) is 1.01. The summed E-state index contributed by atoms with van der Waals surface area (Å²) in [5.41, 5.74) is 0.593. The molecule has 0 aliphatic rings. The van der Waals surface area contributed by atoms with Gasteiger partial charge in [0.15, 0.2) is 6.29 Å². The molecule has 0 radical (unpaired) electrons. The van der Waals surface area contributed by atoms with Crippen molar-refractivity contribution in [3.05, 3.63) is 0 Å². The van der Waals surface area contributed by atoms with Gasteiger partial charge in [0.1, 0.15) is 0 Å². The Bertz CT molecular complexity index is 91.1. The van der Waals surface area contributed by atoms with Crippen LogP contribution < -0.4 is 0 Å². The van der Waals surface area contributed by atoms with Gasteiger partial charge in [0.25, 0.3) is 0 Å². The molecule has 0 atom stereocenters. The van der Waals surface area contributed by atoms with E-state index in [4.69, 9.17) is 15.6 Å². The molecule has 0 spiro atoms. The number of hydrogen-bond donors (Lipinski definition) is 3. The summed E-state index contributed by atoms with van der Waals surface area (Å²) in [6.45, 7) is 1.71. The molecule has 0 aromatic carbocycles. The molecule has 0 unspecified atom stereocenters. The van der Waals surface area contributed by atoms with Crippen LogP contribution in [0.2, 0.25) is 0 Å². The first-order valence-corrected chi connectivity index (χ1v) is 3.03. The van der Waals surface area contributed by atoms with Gasteiger partial charge in [0, 0.05) is 5.71 Å². The fraction of sp³-hybridized carbons (Fsp3) is 0.833. The zero-order valence-electron chi connectivity index (χ0n) is 5.59. The van der Waals surface area contributed by atoms with Gasteiger partial charge in [-0.1, -0.05) is 0 Å². The van der Waals surface area contributed by atoms with Crippen molar-refractivity contribution in [2.45, 2.75) is 32.5 Å². The fourth-order valence-electron chi connectivity index (χ4n) is 0.550. The van der Waals surface area contributed by atoms with Crippen LogP contribution in [-0.2, 0) is 0 Å². The molecule has 0 bridgehead atoms. The lowest BCUT2D eigenvalue weighted by Crippen LogP contribution is -2.04. The van der Waals surface area contributed by atoms with Gasteiger partial charge in [0.05, 0.1) is 0 Å². The van der Waals surface area contributed by atoms with Crippen molar-refractivity contribution in [2.24, 2.45) is 0 Å². The lowest BCUT2D eigenvalue weighted by Gasteiger charge is -2.00. The van der Waals surface area contributed by atoms with Crippen molar-refractivity contribution in [2.75, 3.05) is 0 Å². The lowest BCUT2D eigenvalue weighted by atomic mass is 10.2. The topological polar surface area (TPSA) is 64.3 Å². The lowest BCUT2D eigenvalue weighted by molar-refractivity contribution is -0.0458. The Morgan fingerprint density at radius 3 is 2.44 bits per heavy atom. The molecule has 54 valence electrons. The van der Waals surface area contributed by atoms with Crippen molar-refractivity contribution in [3.63, 3.8) is 0 Å². The van der Waals surface area contributed by atoms with Crippen molar-refractivity contribution in [1.82, 2.24) is 0 Å². The summed E-state index contributed by atoms with van der Waals surface area (Å²) >= 11 is 0. The first kappa shape index (κ1) is 8.59. The van der Waals surface area contributed by atoms with Crippen molar-refractivity contribution >= 4 is 5.71 Å². The van der Waals surface area contributed by atoms with E-state index in [1.165, 1.54) is 0 Å². The third-order valence-corrected chi connectivity index (χ3v) is 1.01. The van der Waals surface area contributed by atoms with Crippen LogP contribution in [0.4, 0.5) is 0 Å². The van der Waals surface area contributed by atoms with E-state index in [2.05, 4.69) is 0 Å². The van der Waals surface area contributed by atoms with E-state index in [1.54, 1.807) is 6.92 Å². The largest absolute Gasteiger partial charge is 0.368 e. The van der Waals surface area contributed by atoms with E-state index in [0.29, 0.717) is 25.0 Å². The minimum Gasteiger partial charge on any atom is -0.368 e. The first-order chi connectivity index (χ1) is 4.13. The maximum Gasteiger partial charge on any atom is 0.151 e. The van der Waals surface area contributed by atoms with Gasteiger partial charge < -0.3 is 15.6 Å². The standard InChI is InChI=1S/C6H13NO2/c1-5(7)3-2-4-6(8)9/h6-9H,2-4H2,1H3. The zero-order chi connectivity index (χ0) is 7.28. The van der Waals surface area contributed by atoms with Crippen LogP contribution in [0.5, 0.6) is 0 Å². The number of rotatable bonds is 4. The van der Waals surface area contributed by atoms with E-state index >= 15 is 0 Å². The first-order valence-electron chi connectivity index (χ1n) is 3.03. The Labute approximate surface area is 54.8 Å². The molecule has 0 rings (SSSR count). The molecule has 3 heteroatoms. The van der Waals surface area contributed by atoms with E-state index in [0.717, 1.165) is 0 Å². The number of nitrogens with one attached hydrogen (secondary N) is 1. The predicted octanol–water partition coefficient (Wildman–Crippen LogP) is 0.507. The minimum atomic E-state index is -1.20. The molecule has 3 N–H and O–H groups in total. The molecule has 0 fully saturated rings. The van der Waals surface area contributed by atoms with Gasteiger partial charge in [-0.2, -0.15) is 0 Å². The van der Waals surface area contributed by atoms with Gasteiger partial charge in [0.2, 0.25) is 0 Å². The molecular weight excluding hydrogens is 118 g/mol. The molecule has 0 aliphatic carbocycles. The molecule has 0 saturated heterocycles. The summed E-state index contributed by atoms with van der Waals surface area (Å²) in [7, 11) is 0. The number of aliphatic hydroxyl groups is 2.